The van der Waals surface area contributed by atoms with Gasteiger partial charge in [0.25, 0.3) is 0 Å². The molecule has 0 saturated carbocycles. The van der Waals surface area contributed by atoms with Crippen LogP contribution in [-0.2, 0) is 6.42 Å². The third-order valence-corrected chi connectivity index (χ3v) is 3.20. The van der Waals surface area contributed by atoms with Crippen LogP contribution in [0.2, 0.25) is 0 Å². The fraction of sp³-hybridized carbons (Fsp3) is 0.294. The van der Waals surface area contributed by atoms with E-state index < -0.39 is 0 Å². The van der Waals surface area contributed by atoms with Gasteiger partial charge in [-0.05, 0) is 42.7 Å². The highest BCUT2D eigenvalue weighted by molar-refractivity contribution is 5.39. The first-order valence-corrected chi connectivity index (χ1v) is 6.52. The fourth-order valence-electron chi connectivity index (χ4n) is 2.09. The molecule has 0 aliphatic carbocycles. The zero-order valence-corrected chi connectivity index (χ0v) is 11.8. The molecule has 0 bridgehead atoms. The smallest absolute Gasteiger partial charge is 0.125 e. The van der Waals surface area contributed by atoms with Crippen molar-refractivity contribution in [2.45, 2.75) is 20.3 Å². The molecule has 19 heavy (non-hydrogen) atoms. The van der Waals surface area contributed by atoms with Crippen molar-refractivity contribution >= 4 is 0 Å². The Morgan fingerprint density at radius 2 is 1.53 bits per heavy atom. The fourth-order valence-corrected chi connectivity index (χ4v) is 2.09. The lowest BCUT2D eigenvalue weighted by molar-refractivity contribution is 0.317. The summed E-state index contributed by atoms with van der Waals surface area (Å²) in [6, 6.07) is 14.3. The van der Waals surface area contributed by atoms with Gasteiger partial charge in [-0.15, -0.1) is 0 Å². The van der Waals surface area contributed by atoms with Gasteiger partial charge in [0.15, 0.2) is 0 Å². The Morgan fingerprint density at radius 1 is 0.895 bits per heavy atom. The Balaban J connectivity index is 1.92. The van der Waals surface area contributed by atoms with Gasteiger partial charge in [-0.2, -0.15) is 0 Å². The highest BCUT2D eigenvalue weighted by Gasteiger charge is 2.03. The van der Waals surface area contributed by atoms with Crippen LogP contribution in [0.15, 0.2) is 42.5 Å². The predicted octanol–water partition coefficient (Wildman–Crippen LogP) is 3.93. The van der Waals surface area contributed by atoms with Gasteiger partial charge in [0, 0.05) is 6.42 Å². The molecule has 0 spiro atoms. The van der Waals surface area contributed by atoms with E-state index in [-0.39, 0.29) is 0 Å². The first kappa shape index (κ1) is 13.5. The third-order valence-electron chi connectivity index (χ3n) is 3.20. The van der Waals surface area contributed by atoms with Gasteiger partial charge in [-0.25, -0.2) is 0 Å². The maximum Gasteiger partial charge on any atom is 0.125 e. The molecule has 0 atom stereocenters. The van der Waals surface area contributed by atoms with E-state index >= 15 is 0 Å². The topological polar surface area (TPSA) is 18.5 Å². The Hall–Kier alpha value is -1.96. The molecule has 2 heteroatoms. The first-order chi connectivity index (χ1) is 9.20. The van der Waals surface area contributed by atoms with Crippen LogP contribution in [-0.4, -0.2) is 13.7 Å². The quantitative estimate of drug-likeness (QED) is 0.807. The van der Waals surface area contributed by atoms with Crippen LogP contribution in [0.4, 0.5) is 0 Å². The molecule has 0 heterocycles. The summed E-state index contributed by atoms with van der Waals surface area (Å²) in [6.07, 6.45) is 0.901. The van der Waals surface area contributed by atoms with Crippen molar-refractivity contribution in [3.63, 3.8) is 0 Å². The van der Waals surface area contributed by atoms with Crippen molar-refractivity contribution in [2.24, 2.45) is 0 Å². The minimum atomic E-state index is 0.692. The van der Waals surface area contributed by atoms with E-state index in [9.17, 15) is 0 Å². The second kappa shape index (κ2) is 6.28. The van der Waals surface area contributed by atoms with E-state index in [4.69, 9.17) is 9.47 Å². The van der Waals surface area contributed by atoms with Crippen LogP contribution in [0.5, 0.6) is 11.5 Å². The van der Waals surface area contributed by atoms with E-state index in [1.54, 1.807) is 7.11 Å². The number of ether oxygens (including phenoxy) is 2. The summed E-state index contributed by atoms with van der Waals surface area (Å²) >= 11 is 0. The highest BCUT2D eigenvalue weighted by atomic mass is 16.5. The number of hydrogen-bond acceptors (Lipinski definition) is 2. The van der Waals surface area contributed by atoms with Gasteiger partial charge < -0.3 is 9.47 Å². The summed E-state index contributed by atoms with van der Waals surface area (Å²) in [5, 5.41) is 0. The normalized spacial score (nSPS) is 10.3. The second-order valence-corrected chi connectivity index (χ2v) is 4.67. The molecule has 0 aromatic heterocycles. The predicted molar refractivity (Wildman–Crippen MR) is 78.1 cm³/mol. The molecule has 2 aromatic carbocycles. The van der Waals surface area contributed by atoms with Crippen molar-refractivity contribution in [1.29, 1.82) is 0 Å². The summed E-state index contributed by atoms with van der Waals surface area (Å²) in [6.45, 7) is 4.85. The summed E-state index contributed by atoms with van der Waals surface area (Å²) < 4.78 is 11.0. The molecule has 0 unspecified atom stereocenters. The average molecular weight is 256 g/mol. The van der Waals surface area contributed by atoms with E-state index in [2.05, 4.69) is 44.2 Å². The lowest BCUT2D eigenvalue weighted by atomic mass is 10.1. The molecule has 0 aliphatic heterocycles. The van der Waals surface area contributed by atoms with Gasteiger partial charge in [-0.3, -0.25) is 0 Å². The molecule has 0 fully saturated rings. The molecule has 0 N–H and O–H groups in total. The summed E-state index contributed by atoms with van der Waals surface area (Å²) in [5.41, 5.74) is 3.64. The van der Waals surface area contributed by atoms with Gasteiger partial charge in [0.2, 0.25) is 0 Å². The highest BCUT2D eigenvalue weighted by Crippen LogP contribution is 2.22. The maximum absolute atomic E-state index is 5.90. The zero-order valence-electron chi connectivity index (χ0n) is 11.8. The Kier molecular flexibility index (Phi) is 4.45. The lowest BCUT2D eigenvalue weighted by Crippen LogP contribution is -2.03. The van der Waals surface area contributed by atoms with Crippen LogP contribution < -0.4 is 9.47 Å². The molecule has 0 saturated heterocycles. The van der Waals surface area contributed by atoms with Gasteiger partial charge in [-0.1, -0.05) is 30.3 Å². The van der Waals surface area contributed by atoms with Crippen LogP contribution in [0.1, 0.15) is 16.7 Å². The average Bonchev–Trinajstić information content (AvgIpc) is 2.43. The van der Waals surface area contributed by atoms with Crippen LogP contribution >= 0.6 is 0 Å². The van der Waals surface area contributed by atoms with Gasteiger partial charge in [0.05, 0.1) is 13.7 Å². The lowest BCUT2D eigenvalue weighted by Gasteiger charge is -2.12. The molecule has 2 rings (SSSR count). The molecule has 0 amide bonds. The van der Waals surface area contributed by atoms with Crippen molar-refractivity contribution < 1.29 is 9.47 Å². The van der Waals surface area contributed by atoms with Crippen LogP contribution in [0, 0.1) is 13.8 Å². The van der Waals surface area contributed by atoms with Crippen molar-refractivity contribution in [1.82, 2.24) is 0 Å². The Morgan fingerprint density at radius 3 is 2.11 bits per heavy atom. The van der Waals surface area contributed by atoms with Crippen LogP contribution in [0.3, 0.4) is 0 Å². The van der Waals surface area contributed by atoms with Crippen molar-refractivity contribution in [3.05, 3.63) is 59.2 Å². The van der Waals surface area contributed by atoms with Gasteiger partial charge in [0.1, 0.15) is 11.5 Å². The van der Waals surface area contributed by atoms with E-state index in [0.29, 0.717) is 6.61 Å². The third kappa shape index (κ3) is 3.50. The van der Waals surface area contributed by atoms with E-state index in [1.807, 2.05) is 12.1 Å². The standard InChI is InChI=1S/C17H20O2/c1-13-5-4-6-14(2)17(13)19-12-11-15-7-9-16(18-3)10-8-15/h4-10H,11-12H2,1-3H3. The number of benzene rings is 2. The summed E-state index contributed by atoms with van der Waals surface area (Å²) in [4.78, 5) is 0. The van der Waals surface area contributed by atoms with Gasteiger partial charge >= 0.3 is 0 Å². The number of aryl methyl sites for hydroxylation is 2. The molecule has 2 aromatic rings. The second-order valence-electron chi connectivity index (χ2n) is 4.67. The number of methoxy groups -OCH3 is 1. The van der Waals surface area contributed by atoms with E-state index in [0.717, 1.165) is 17.9 Å². The van der Waals surface area contributed by atoms with E-state index in [1.165, 1.54) is 16.7 Å². The Bertz CT molecular complexity index is 509. The number of para-hydroxylation sites is 1. The first-order valence-electron chi connectivity index (χ1n) is 6.52. The van der Waals surface area contributed by atoms with Crippen LogP contribution in [0.25, 0.3) is 0 Å². The minimum absolute atomic E-state index is 0.692. The number of hydrogen-bond donors (Lipinski definition) is 0. The zero-order chi connectivity index (χ0) is 13.7. The maximum atomic E-state index is 5.90. The molecular formula is C17H20O2. The molecule has 0 radical (unpaired) electrons. The molecular weight excluding hydrogens is 236 g/mol. The van der Waals surface area contributed by atoms with Crippen molar-refractivity contribution in [2.75, 3.05) is 13.7 Å². The Labute approximate surface area is 115 Å². The minimum Gasteiger partial charge on any atom is -0.497 e. The molecule has 0 aliphatic rings. The summed E-state index contributed by atoms with van der Waals surface area (Å²) in [5.74, 6) is 1.90. The molecule has 100 valence electrons. The largest absolute Gasteiger partial charge is 0.497 e. The molecule has 2 nitrogen and oxygen atoms in total. The monoisotopic (exact) mass is 256 g/mol. The SMILES string of the molecule is COc1ccc(CCOc2c(C)cccc2C)cc1. The summed E-state index contributed by atoms with van der Waals surface area (Å²) in [7, 11) is 1.68. The number of rotatable bonds is 5. The van der Waals surface area contributed by atoms with Crippen molar-refractivity contribution in [3.8, 4) is 11.5 Å².